The summed E-state index contributed by atoms with van der Waals surface area (Å²) in [6.45, 7) is 6.17. The zero-order chi connectivity index (χ0) is 20.7. The molecule has 0 aliphatic carbocycles. The van der Waals surface area contributed by atoms with Crippen molar-refractivity contribution in [1.29, 1.82) is 0 Å². The maximum Gasteiger partial charge on any atom is 0.325 e. The lowest BCUT2D eigenvalue weighted by atomic mass is 9.92. The van der Waals surface area contributed by atoms with Gasteiger partial charge in [-0.05, 0) is 37.0 Å². The van der Waals surface area contributed by atoms with Crippen LogP contribution in [0.5, 0.6) is 5.75 Å². The largest absolute Gasteiger partial charge is 0.497 e. The standard InChI is InChI=1S/C21H31N3O4/c1-5-7-8-15(6-2)13-22-18(25)14-24-19(26)21(3,23-20(24)27)16-9-11-17(28-4)12-10-16/h9-12,15H,5-8,13-14H2,1-4H3,(H,22,25)(H,23,27)/t15-,21-/m1/s1. The summed E-state index contributed by atoms with van der Waals surface area (Å²) in [4.78, 5) is 38.5. The van der Waals surface area contributed by atoms with Crippen molar-refractivity contribution in [3.63, 3.8) is 0 Å². The Morgan fingerprint density at radius 1 is 1.25 bits per heavy atom. The molecule has 0 bridgehead atoms. The van der Waals surface area contributed by atoms with E-state index in [0.29, 0.717) is 23.8 Å². The fourth-order valence-corrected chi connectivity index (χ4v) is 3.36. The van der Waals surface area contributed by atoms with E-state index in [1.807, 2.05) is 0 Å². The van der Waals surface area contributed by atoms with Gasteiger partial charge in [0.1, 0.15) is 17.8 Å². The molecular formula is C21H31N3O4. The summed E-state index contributed by atoms with van der Waals surface area (Å²) in [5.74, 6) is 0.318. The van der Waals surface area contributed by atoms with Crippen LogP contribution < -0.4 is 15.4 Å². The van der Waals surface area contributed by atoms with Crippen molar-refractivity contribution < 1.29 is 19.1 Å². The summed E-state index contributed by atoms with van der Waals surface area (Å²) < 4.78 is 5.13. The Morgan fingerprint density at radius 3 is 2.50 bits per heavy atom. The topological polar surface area (TPSA) is 87.7 Å². The van der Waals surface area contributed by atoms with Crippen molar-refractivity contribution in [2.75, 3.05) is 20.2 Å². The SMILES string of the molecule is CCCC[C@@H](CC)CNC(=O)CN1C(=O)N[C@](C)(c2ccc(OC)cc2)C1=O. The molecule has 4 amide bonds. The molecule has 154 valence electrons. The van der Waals surface area contributed by atoms with E-state index in [2.05, 4.69) is 24.5 Å². The molecule has 2 atom stereocenters. The number of nitrogens with zero attached hydrogens (tertiary/aromatic N) is 1. The number of nitrogens with one attached hydrogen (secondary N) is 2. The fraction of sp³-hybridized carbons (Fsp3) is 0.571. The van der Waals surface area contributed by atoms with Crippen LogP contribution in [0.3, 0.4) is 0 Å². The van der Waals surface area contributed by atoms with Crippen molar-refractivity contribution in [1.82, 2.24) is 15.5 Å². The quantitative estimate of drug-likeness (QED) is 0.603. The van der Waals surface area contributed by atoms with Crippen LogP contribution >= 0.6 is 0 Å². The van der Waals surface area contributed by atoms with Crippen LogP contribution in [0.2, 0.25) is 0 Å². The first-order valence-electron chi connectivity index (χ1n) is 9.91. The Kier molecular flexibility index (Phi) is 7.43. The minimum atomic E-state index is -1.20. The van der Waals surface area contributed by atoms with Gasteiger partial charge >= 0.3 is 6.03 Å². The first-order valence-corrected chi connectivity index (χ1v) is 9.91. The van der Waals surface area contributed by atoms with Crippen molar-refractivity contribution in [2.24, 2.45) is 5.92 Å². The molecule has 0 saturated carbocycles. The smallest absolute Gasteiger partial charge is 0.325 e. The van der Waals surface area contributed by atoms with Gasteiger partial charge in [0.25, 0.3) is 5.91 Å². The van der Waals surface area contributed by atoms with Gasteiger partial charge in [0.05, 0.1) is 7.11 Å². The number of benzene rings is 1. The third-order valence-corrected chi connectivity index (χ3v) is 5.38. The zero-order valence-electron chi connectivity index (χ0n) is 17.2. The van der Waals surface area contributed by atoms with Crippen LogP contribution in [0, 0.1) is 5.92 Å². The van der Waals surface area contributed by atoms with E-state index in [1.165, 1.54) is 0 Å². The van der Waals surface area contributed by atoms with Gasteiger partial charge in [-0.1, -0.05) is 45.2 Å². The molecule has 1 aliphatic rings. The molecule has 0 unspecified atom stereocenters. The Balaban J connectivity index is 1.99. The number of imide groups is 1. The molecule has 1 heterocycles. The second-order valence-electron chi connectivity index (χ2n) is 7.40. The normalized spacial score (nSPS) is 20.1. The molecule has 7 nitrogen and oxygen atoms in total. The lowest BCUT2D eigenvalue weighted by Gasteiger charge is -2.22. The first kappa shape index (κ1) is 21.7. The average molecular weight is 389 g/mol. The number of hydrogen-bond donors (Lipinski definition) is 2. The second kappa shape index (κ2) is 9.57. The number of unbranched alkanes of at least 4 members (excludes halogenated alkanes) is 1. The van der Waals surface area contributed by atoms with Gasteiger partial charge in [0.15, 0.2) is 0 Å². The molecule has 7 heteroatoms. The lowest BCUT2D eigenvalue weighted by Crippen LogP contribution is -2.44. The molecule has 1 aromatic rings. The third kappa shape index (κ3) is 4.82. The second-order valence-corrected chi connectivity index (χ2v) is 7.40. The van der Waals surface area contributed by atoms with E-state index >= 15 is 0 Å². The average Bonchev–Trinajstić information content (AvgIpc) is 2.92. The molecule has 1 aliphatic heterocycles. The highest BCUT2D eigenvalue weighted by molar-refractivity contribution is 6.09. The number of rotatable bonds is 10. The number of amides is 4. The number of carbonyl (C=O) groups is 3. The van der Waals surface area contributed by atoms with Crippen LogP contribution in [0.4, 0.5) is 4.79 Å². The first-order chi connectivity index (χ1) is 13.3. The number of methoxy groups -OCH3 is 1. The molecule has 0 spiro atoms. The van der Waals surface area contributed by atoms with E-state index in [9.17, 15) is 14.4 Å². The van der Waals surface area contributed by atoms with Gasteiger partial charge in [0, 0.05) is 6.54 Å². The van der Waals surface area contributed by atoms with E-state index in [-0.39, 0.29) is 12.5 Å². The minimum absolute atomic E-state index is 0.277. The molecular weight excluding hydrogens is 358 g/mol. The molecule has 2 rings (SSSR count). The highest BCUT2D eigenvalue weighted by Crippen LogP contribution is 2.29. The summed E-state index contributed by atoms with van der Waals surface area (Å²) in [5.41, 5.74) is -0.559. The van der Waals surface area contributed by atoms with Crippen LogP contribution in [-0.4, -0.2) is 42.9 Å². The van der Waals surface area contributed by atoms with Crippen LogP contribution in [0.25, 0.3) is 0 Å². The third-order valence-electron chi connectivity index (χ3n) is 5.38. The van der Waals surface area contributed by atoms with Gasteiger partial charge in [-0.25, -0.2) is 4.79 Å². The van der Waals surface area contributed by atoms with Gasteiger partial charge in [-0.15, -0.1) is 0 Å². The predicted molar refractivity (Wildman–Crippen MR) is 107 cm³/mol. The van der Waals surface area contributed by atoms with E-state index in [1.54, 1.807) is 38.3 Å². The number of hydrogen-bond acceptors (Lipinski definition) is 4. The lowest BCUT2D eigenvalue weighted by molar-refractivity contribution is -0.134. The van der Waals surface area contributed by atoms with Gasteiger partial charge in [-0.2, -0.15) is 0 Å². The van der Waals surface area contributed by atoms with Crippen LogP contribution in [0.15, 0.2) is 24.3 Å². The Morgan fingerprint density at radius 2 is 1.93 bits per heavy atom. The van der Waals surface area contributed by atoms with Crippen molar-refractivity contribution in [2.45, 2.75) is 52.0 Å². The Hall–Kier alpha value is -2.57. The number of ether oxygens (including phenoxy) is 1. The molecule has 1 saturated heterocycles. The summed E-state index contributed by atoms with van der Waals surface area (Å²) in [6.07, 6.45) is 4.29. The van der Waals surface area contributed by atoms with Crippen molar-refractivity contribution in [3.8, 4) is 5.75 Å². The molecule has 28 heavy (non-hydrogen) atoms. The molecule has 1 aromatic carbocycles. The number of urea groups is 1. The van der Waals surface area contributed by atoms with Gasteiger partial charge in [-0.3, -0.25) is 14.5 Å². The Labute approximate surface area is 166 Å². The van der Waals surface area contributed by atoms with Gasteiger partial charge in [0.2, 0.25) is 5.91 Å². The highest BCUT2D eigenvalue weighted by atomic mass is 16.5. The van der Waals surface area contributed by atoms with E-state index in [0.717, 1.165) is 30.6 Å². The van der Waals surface area contributed by atoms with E-state index in [4.69, 9.17) is 4.74 Å². The molecule has 0 radical (unpaired) electrons. The van der Waals surface area contributed by atoms with E-state index < -0.39 is 17.5 Å². The highest BCUT2D eigenvalue weighted by Gasteiger charge is 2.49. The van der Waals surface area contributed by atoms with Crippen molar-refractivity contribution >= 4 is 17.8 Å². The van der Waals surface area contributed by atoms with Crippen LogP contribution in [0.1, 0.15) is 52.0 Å². The Bertz CT molecular complexity index is 704. The van der Waals surface area contributed by atoms with Crippen molar-refractivity contribution in [3.05, 3.63) is 29.8 Å². The molecule has 0 aromatic heterocycles. The minimum Gasteiger partial charge on any atom is -0.497 e. The molecule has 1 fully saturated rings. The number of carbonyl (C=O) groups excluding carboxylic acids is 3. The maximum atomic E-state index is 12.9. The summed E-state index contributed by atoms with van der Waals surface area (Å²) in [6, 6.07) is 6.38. The molecule has 2 N–H and O–H groups in total. The monoisotopic (exact) mass is 389 g/mol. The fourth-order valence-electron chi connectivity index (χ4n) is 3.36. The summed E-state index contributed by atoms with van der Waals surface area (Å²) in [5, 5.41) is 5.57. The summed E-state index contributed by atoms with van der Waals surface area (Å²) in [7, 11) is 1.56. The summed E-state index contributed by atoms with van der Waals surface area (Å²) >= 11 is 0. The maximum absolute atomic E-state index is 12.9. The van der Waals surface area contributed by atoms with Crippen LogP contribution in [-0.2, 0) is 15.1 Å². The zero-order valence-corrected chi connectivity index (χ0v) is 17.2. The van der Waals surface area contributed by atoms with Gasteiger partial charge < -0.3 is 15.4 Å². The predicted octanol–water partition coefficient (Wildman–Crippen LogP) is 2.79.